The zero-order valence-electron chi connectivity index (χ0n) is 20.5. The van der Waals surface area contributed by atoms with Gasteiger partial charge < -0.3 is 28.4 Å². The summed E-state index contributed by atoms with van der Waals surface area (Å²) in [5.41, 5.74) is 2.06. The Labute approximate surface area is 207 Å². The van der Waals surface area contributed by atoms with Crippen LogP contribution in [0.2, 0.25) is 0 Å². The molecule has 4 atom stereocenters. The first-order valence-corrected chi connectivity index (χ1v) is 12.0. The van der Waals surface area contributed by atoms with Crippen LogP contribution in [0.1, 0.15) is 30.9 Å². The Morgan fingerprint density at radius 3 is 2.17 bits per heavy atom. The zero-order chi connectivity index (χ0) is 24.7. The monoisotopic (exact) mass is 484 g/mol. The van der Waals surface area contributed by atoms with Crippen molar-refractivity contribution in [3.05, 3.63) is 83.9 Å². The van der Waals surface area contributed by atoms with Gasteiger partial charge in [0.25, 0.3) is 0 Å². The van der Waals surface area contributed by atoms with E-state index in [4.69, 9.17) is 28.4 Å². The predicted molar refractivity (Wildman–Crippen MR) is 132 cm³/mol. The minimum atomic E-state index is -0.522. The summed E-state index contributed by atoms with van der Waals surface area (Å²) in [6.07, 6.45) is 2.87. The molecule has 0 N–H and O–H groups in total. The number of carbonyl (C=O) groups is 1. The van der Waals surface area contributed by atoms with Gasteiger partial charge in [-0.05, 0) is 18.1 Å². The second-order valence-corrected chi connectivity index (χ2v) is 8.45. The number of hydrogen-bond acceptors (Lipinski definition) is 7. The molecule has 2 aromatic rings. The third-order valence-electron chi connectivity index (χ3n) is 5.54. The van der Waals surface area contributed by atoms with E-state index < -0.39 is 12.2 Å². The minimum absolute atomic E-state index is 0.0899. The maximum atomic E-state index is 12.7. The van der Waals surface area contributed by atoms with Crippen LogP contribution in [0.5, 0.6) is 0 Å². The van der Waals surface area contributed by atoms with Gasteiger partial charge in [-0.15, -0.1) is 0 Å². The molecule has 2 aromatic carbocycles. The lowest BCUT2D eigenvalue weighted by molar-refractivity contribution is -0.158. The highest BCUT2D eigenvalue weighted by atomic mass is 16.7. The second kappa shape index (κ2) is 15.4. The van der Waals surface area contributed by atoms with E-state index in [1.54, 1.807) is 7.11 Å². The van der Waals surface area contributed by atoms with Gasteiger partial charge in [0.15, 0.2) is 0 Å². The van der Waals surface area contributed by atoms with Crippen molar-refractivity contribution in [2.75, 3.05) is 27.1 Å². The number of hydrogen-bond donors (Lipinski definition) is 0. The molecule has 190 valence electrons. The van der Waals surface area contributed by atoms with Gasteiger partial charge in [0.1, 0.15) is 19.0 Å². The van der Waals surface area contributed by atoms with E-state index >= 15 is 0 Å². The van der Waals surface area contributed by atoms with E-state index in [0.29, 0.717) is 32.8 Å². The molecule has 1 aliphatic heterocycles. The van der Waals surface area contributed by atoms with Gasteiger partial charge in [-0.3, -0.25) is 4.79 Å². The van der Waals surface area contributed by atoms with E-state index in [1.165, 1.54) is 0 Å². The van der Waals surface area contributed by atoms with Crippen molar-refractivity contribution in [3.8, 4) is 0 Å². The average Bonchev–Trinajstić information content (AvgIpc) is 2.87. The highest BCUT2D eigenvalue weighted by molar-refractivity contribution is 5.70. The molecular weight excluding hydrogens is 448 g/mol. The maximum absolute atomic E-state index is 12.7. The first-order valence-electron chi connectivity index (χ1n) is 12.0. The first kappa shape index (κ1) is 27.0. The SMILES string of the molecule is COCCOCO[C@@H]1/C=C\[C@H](OCc2ccccc2)[C@@H](OCc2ccccc2)CC(=O)O[C@H](C)C1. The number of ether oxygens (including phenoxy) is 6. The van der Waals surface area contributed by atoms with Crippen LogP contribution in [0.25, 0.3) is 0 Å². The van der Waals surface area contributed by atoms with Crippen LogP contribution in [0.15, 0.2) is 72.8 Å². The molecule has 0 saturated carbocycles. The van der Waals surface area contributed by atoms with Gasteiger partial charge in [-0.2, -0.15) is 0 Å². The molecule has 0 fully saturated rings. The topological polar surface area (TPSA) is 72.5 Å². The van der Waals surface area contributed by atoms with Crippen LogP contribution >= 0.6 is 0 Å². The van der Waals surface area contributed by atoms with Gasteiger partial charge in [0, 0.05) is 13.5 Å². The van der Waals surface area contributed by atoms with E-state index in [-0.39, 0.29) is 31.4 Å². The summed E-state index contributed by atoms with van der Waals surface area (Å²) in [5.74, 6) is -0.325. The summed E-state index contributed by atoms with van der Waals surface area (Å²) in [6, 6.07) is 19.8. The molecule has 0 aromatic heterocycles. The number of esters is 1. The van der Waals surface area contributed by atoms with Crippen LogP contribution in [-0.4, -0.2) is 57.5 Å². The van der Waals surface area contributed by atoms with E-state index in [0.717, 1.165) is 11.1 Å². The Morgan fingerprint density at radius 1 is 0.857 bits per heavy atom. The van der Waals surface area contributed by atoms with Crippen molar-refractivity contribution in [1.29, 1.82) is 0 Å². The summed E-state index contributed by atoms with van der Waals surface area (Å²) in [4.78, 5) is 12.7. The molecule has 7 nitrogen and oxygen atoms in total. The molecule has 0 saturated heterocycles. The van der Waals surface area contributed by atoms with Gasteiger partial charge in [0.2, 0.25) is 0 Å². The van der Waals surface area contributed by atoms with Gasteiger partial charge in [-0.25, -0.2) is 0 Å². The summed E-state index contributed by atoms with van der Waals surface area (Å²) in [5, 5.41) is 0. The lowest BCUT2D eigenvalue weighted by atomic mass is 10.1. The number of methoxy groups -OCH3 is 1. The van der Waals surface area contributed by atoms with Crippen molar-refractivity contribution in [2.24, 2.45) is 0 Å². The molecule has 35 heavy (non-hydrogen) atoms. The van der Waals surface area contributed by atoms with Crippen LogP contribution < -0.4 is 0 Å². The zero-order valence-corrected chi connectivity index (χ0v) is 20.5. The molecule has 1 aliphatic rings. The summed E-state index contributed by atoms with van der Waals surface area (Å²) < 4.78 is 34.5. The summed E-state index contributed by atoms with van der Waals surface area (Å²) in [6.45, 7) is 3.66. The molecule has 7 heteroatoms. The Kier molecular flexibility index (Phi) is 11.9. The lowest BCUT2D eigenvalue weighted by Crippen LogP contribution is -2.35. The molecule has 0 unspecified atom stereocenters. The standard InChI is InChI=1S/C28H36O7/c1-22-17-25(34-21-31-16-15-30-2)13-14-26(32-19-23-9-5-3-6-10-23)27(18-28(29)35-22)33-20-24-11-7-4-8-12-24/h3-14,22,25-27H,15-21H2,1-2H3/b14-13-/t22-,25-,26+,27+/m1/s1. The fourth-order valence-electron chi connectivity index (χ4n) is 3.69. The third-order valence-corrected chi connectivity index (χ3v) is 5.54. The Balaban J connectivity index is 1.74. The fraction of sp³-hybridized carbons (Fsp3) is 0.464. The summed E-state index contributed by atoms with van der Waals surface area (Å²) in [7, 11) is 1.62. The molecule has 0 bridgehead atoms. The minimum Gasteiger partial charge on any atom is -0.462 e. The van der Waals surface area contributed by atoms with E-state index in [2.05, 4.69) is 0 Å². The Bertz CT molecular complexity index is 871. The molecule has 3 rings (SSSR count). The van der Waals surface area contributed by atoms with Crippen LogP contribution in [0.3, 0.4) is 0 Å². The largest absolute Gasteiger partial charge is 0.462 e. The van der Waals surface area contributed by atoms with E-state index in [9.17, 15) is 4.79 Å². The van der Waals surface area contributed by atoms with E-state index in [1.807, 2.05) is 79.7 Å². The van der Waals surface area contributed by atoms with Crippen molar-refractivity contribution < 1.29 is 33.2 Å². The number of rotatable bonds is 12. The molecule has 0 radical (unpaired) electrons. The second-order valence-electron chi connectivity index (χ2n) is 8.45. The smallest absolute Gasteiger partial charge is 0.308 e. The quantitative estimate of drug-likeness (QED) is 0.191. The van der Waals surface area contributed by atoms with Gasteiger partial charge in [-0.1, -0.05) is 72.8 Å². The highest BCUT2D eigenvalue weighted by Crippen LogP contribution is 2.20. The predicted octanol–water partition coefficient (Wildman–Crippen LogP) is 4.44. The average molecular weight is 485 g/mol. The molecule has 0 amide bonds. The van der Waals surface area contributed by atoms with Crippen LogP contribution in [-0.2, 0) is 46.4 Å². The van der Waals surface area contributed by atoms with Crippen molar-refractivity contribution >= 4 is 5.97 Å². The van der Waals surface area contributed by atoms with Crippen LogP contribution in [0, 0.1) is 0 Å². The van der Waals surface area contributed by atoms with Gasteiger partial charge >= 0.3 is 5.97 Å². The van der Waals surface area contributed by atoms with Crippen molar-refractivity contribution in [2.45, 2.75) is 57.4 Å². The fourth-order valence-corrected chi connectivity index (χ4v) is 3.69. The molecule has 0 spiro atoms. The maximum Gasteiger partial charge on any atom is 0.308 e. The highest BCUT2D eigenvalue weighted by Gasteiger charge is 2.28. The number of cyclic esters (lactones) is 1. The van der Waals surface area contributed by atoms with Crippen molar-refractivity contribution in [3.63, 3.8) is 0 Å². The Hall–Kier alpha value is -2.55. The third kappa shape index (κ3) is 10.3. The summed E-state index contributed by atoms with van der Waals surface area (Å²) >= 11 is 0. The van der Waals surface area contributed by atoms with Gasteiger partial charge in [0.05, 0.1) is 45.1 Å². The van der Waals surface area contributed by atoms with Crippen molar-refractivity contribution in [1.82, 2.24) is 0 Å². The first-order chi connectivity index (χ1) is 17.1. The lowest BCUT2D eigenvalue weighted by Gasteiger charge is -2.28. The molecular formula is C28H36O7. The van der Waals surface area contributed by atoms with Crippen LogP contribution in [0.4, 0.5) is 0 Å². The number of benzene rings is 2. The molecule has 1 heterocycles. The Morgan fingerprint density at radius 2 is 1.51 bits per heavy atom. The molecule has 0 aliphatic carbocycles. The normalized spacial score (nSPS) is 24.0. The number of carbonyl (C=O) groups excluding carboxylic acids is 1.